The van der Waals surface area contributed by atoms with Gasteiger partial charge in [0.15, 0.2) is 0 Å². The lowest BCUT2D eigenvalue weighted by Gasteiger charge is -2.08. The molecule has 0 unspecified atom stereocenters. The van der Waals surface area contributed by atoms with Gasteiger partial charge in [0.25, 0.3) is 0 Å². The van der Waals surface area contributed by atoms with Gasteiger partial charge < -0.3 is 11.1 Å². The summed E-state index contributed by atoms with van der Waals surface area (Å²) in [5.41, 5.74) is 8.03. The average molecular weight is 355 g/mol. The largest absolute Gasteiger partial charge is 0.389 e. The number of nitrogens with one attached hydrogen (secondary N) is 1. The van der Waals surface area contributed by atoms with Crippen LogP contribution in [0.2, 0.25) is 0 Å². The van der Waals surface area contributed by atoms with Crippen molar-refractivity contribution < 1.29 is 4.79 Å². The minimum atomic E-state index is -0.0535. The topological polar surface area (TPSA) is 55.1 Å². The predicted molar refractivity (Wildman–Crippen MR) is 86.7 cm³/mol. The van der Waals surface area contributed by atoms with Gasteiger partial charge in [-0.05, 0) is 56.5 Å². The molecule has 1 aromatic heterocycles. The van der Waals surface area contributed by atoms with Crippen LogP contribution in [-0.4, -0.2) is 10.9 Å². The van der Waals surface area contributed by atoms with Gasteiger partial charge in [0, 0.05) is 10.0 Å². The summed E-state index contributed by atoms with van der Waals surface area (Å²) in [4.78, 5) is 12.2. The van der Waals surface area contributed by atoms with E-state index in [1.165, 1.54) is 0 Å². The second kappa shape index (κ2) is 6.27. The number of benzene rings is 1. The third kappa shape index (κ3) is 3.86. The Morgan fingerprint density at radius 2 is 2.21 bits per heavy atom. The fourth-order valence-electron chi connectivity index (χ4n) is 1.54. The smallest absolute Gasteiger partial charge is 0.228 e. The number of halogens is 1. The van der Waals surface area contributed by atoms with Gasteiger partial charge in [-0.1, -0.05) is 12.2 Å². The molecule has 1 heterocycles. The van der Waals surface area contributed by atoms with Crippen LogP contribution in [-0.2, 0) is 11.2 Å². The Morgan fingerprint density at radius 3 is 2.79 bits per heavy atom. The standard InChI is InChI=1S/C13H11BrN2OS2/c14-10-6-9(13(15)18)1-2-11(10)16-12(17)5-8-3-4-19-7-8/h1-4,6-7H,5H2,(H2,15,18)(H,16,17). The molecule has 3 N–H and O–H groups in total. The minimum absolute atomic E-state index is 0.0535. The maximum atomic E-state index is 11.9. The molecule has 0 bridgehead atoms. The number of rotatable bonds is 4. The molecular weight excluding hydrogens is 344 g/mol. The van der Waals surface area contributed by atoms with Crippen LogP contribution in [0.15, 0.2) is 39.5 Å². The first-order valence-electron chi connectivity index (χ1n) is 5.46. The van der Waals surface area contributed by atoms with Crippen molar-refractivity contribution in [2.75, 3.05) is 5.32 Å². The van der Waals surface area contributed by atoms with E-state index in [9.17, 15) is 4.79 Å². The van der Waals surface area contributed by atoms with Crippen molar-refractivity contribution in [3.05, 3.63) is 50.6 Å². The van der Waals surface area contributed by atoms with Crippen LogP contribution in [0, 0.1) is 0 Å². The Morgan fingerprint density at radius 1 is 1.42 bits per heavy atom. The molecule has 0 fully saturated rings. The van der Waals surface area contributed by atoms with Crippen LogP contribution in [0.3, 0.4) is 0 Å². The van der Waals surface area contributed by atoms with Crippen molar-refractivity contribution in [3.63, 3.8) is 0 Å². The molecule has 1 amide bonds. The van der Waals surface area contributed by atoms with E-state index >= 15 is 0 Å². The Balaban J connectivity index is 2.07. The van der Waals surface area contributed by atoms with Gasteiger partial charge in [-0.2, -0.15) is 11.3 Å². The molecule has 2 rings (SSSR count). The summed E-state index contributed by atoms with van der Waals surface area (Å²) in [6.45, 7) is 0. The second-order valence-corrected chi connectivity index (χ2v) is 5.99. The first-order chi connectivity index (χ1) is 9.06. The van der Waals surface area contributed by atoms with Gasteiger partial charge in [-0.3, -0.25) is 4.79 Å². The molecular formula is C13H11BrN2OS2. The molecule has 0 aliphatic carbocycles. The van der Waals surface area contributed by atoms with E-state index in [1.54, 1.807) is 29.5 Å². The molecule has 2 aromatic rings. The normalized spacial score (nSPS) is 10.2. The van der Waals surface area contributed by atoms with Crippen molar-refractivity contribution in [2.24, 2.45) is 5.73 Å². The maximum absolute atomic E-state index is 11.9. The van der Waals surface area contributed by atoms with Crippen molar-refractivity contribution >= 4 is 56.1 Å². The Kier molecular flexibility index (Phi) is 4.68. The number of thiophene rings is 1. The van der Waals surface area contributed by atoms with Crippen molar-refractivity contribution in [1.82, 2.24) is 0 Å². The number of hydrogen-bond donors (Lipinski definition) is 2. The predicted octanol–water partition coefficient (Wildman–Crippen LogP) is 3.33. The Labute approximate surface area is 129 Å². The average Bonchev–Trinajstić information content (AvgIpc) is 2.84. The van der Waals surface area contributed by atoms with Crippen LogP contribution in [0.4, 0.5) is 5.69 Å². The lowest BCUT2D eigenvalue weighted by Crippen LogP contribution is -2.15. The molecule has 19 heavy (non-hydrogen) atoms. The minimum Gasteiger partial charge on any atom is -0.389 e. The van der Waals surface area contributed by atoms with E-state index in [1.807, 2.05) is 16.8 Å². The van der Waals surface area contributed by atoms with Gasteiger partial charge in [0.2, 0.25) is 5.91 Å². The fourth-order valence-corrected chi connectivity index (χ4v) is 2.82. The molecule has 0 atom stereocenters. The Bertz CT molecular complexity index is 611. The number of nitrogens with two attached hydrogens (primary N) is 1. The quantitative estimate of drug-likeness (QED) is 0.828. The number of carbonyl (C=O) groups excluding carboxylic acids is 1. The summed E-state index contributed by atoms with van der Waals surface area (Å²) in [7, 11) is 0. The van der Waals surface area contributed by atoms with Crippen LogP contribution in [0.5, 0.6) is 0 Å². The summed E-state index contributed by atoms with van der Waals surface area (Å²) in [5, 5.41) is 6.77. The van der Waals surface area contributed by atoms with Crippen LogP contribution < -0.4 is 11.1 Å². The van der Waals surface area contributed by atoms with E-state index in [-0.39, 0.29) is 5.91 Å². The van der Waals surface area contributed by atoms with E-state index in [4.69, 9.17) is 18.0 Å². The van der Waals surface area contributed by atoms with E-state index in [2.05, 4.69) is 21.2 Å². The molecule has 98 valence electrons. The summed E-state index contributed by atoms with van der Waals surface area (Å²) in [5.74, 6) is -0.0535. The third-order valence-corrected chi connectivity index (χ3v) is 4.10. The molecule has 0 spiro atoms. The molecule has 0 radical (unpaired) electrons. The lowest BCUT2D eigenvalue weighted by molar-refractivity contribution is -0.115. The summed E-state index contributed by atoms with van der Waals surface area (Å²) < 4.78 is 0.761. The first-order valence-corrected chi connectivity index (χ1v) is 7.61. The highest BCUT2D eigenvalue weighted by Crippen LogP contribution is 2.24. The SMILES string of the molecule is NC(=S)c1ccc(NC(=O)Cc2ccsc2)c(Br)c1. The highest BCUT2D eigenvalue weighted by molar-refractivity contribution is 9.10. The highest BCUT2D eigenvalue weighted by Gasteiger charge is 2.08. The third-order valence-electron chi connectivity index (χ3n) is 2.47. The zero-order valence-electron chi connectivity index (χ0n) is 9.85. The molecule has 3 nitrogen and oxygen atoms in total. The zero-order valence-corrected chi connectivity index (χ0v) is 13.1. The summed E-state index contributed by atoms with van der Waals surface area (Å²) >= 11 is 9.87. The molecule has 1 aromatic carbocycles. The van der Waals surface area contributed by atoms with Gasteiger partial charge in [-0.15, -0.1) is 0 Å². The number of thiocarbonyl (C=S) groups is 1. The van der Waals surface area contributed by atoms with Gasteiger partial charge in [-0.25, -0.2) is 0 Å². The van der Waals surface area contributed by atoms with Crippen molar-refractivity contribution in [1.29, 1.82) is 0 Å². The van der Waals surface area contributed by atoms with Gasteiger partial charge in [0.05, 0.1) is 12.1 Å². The van der Waals surface area contributed by atoms with Crippen LogP contribution in [0.25, 0.3) is 0 Å². The van der Waals surface area contributed by atoms with Gasteiger partial charge in [0.1, 0.15) is 4.99 Å². The number of amides is 1. The molecule has 6 heteroatoms. The number of carbonyl (C=O) groups is 1. The van der Waals surface area contributed by atoms with E-state index < -0.39 is 0 Å². The van der Waals surface area contributed by atoms with Crippen molar-refractivity contribution in [2.45, 2.75) is 6.42 Å². The molecule has 0 aliphatic rings. The fraction of sp³-hybridized carbons (Fsp3) is 0.0769. The lowest BCUT2D eigenvalue weighted by atomic mass is 10.2. The first kappa shape index (κ1) is 14.2. The monoisotopic (exact) mass is 354 g/mol. The summed E-state index contributed by atoms with van der Waals surface area (Å²) in [6, 6.07) is 7.30. The zero-order chi connectivity index (χ0) is 13.8. The van der Waals surface area contributed by atoms with Crippen molar-refractivity contribution in [3.8, 4) is 0 Å². The molecule has 0 saturated carbocycles. The van der Waals surface area contributed by atoms with Crippen LogP contribution >= 0.6 is 39.5 Å². The maximum Gasteiger partial charge on any atom is 0.228 e. The molecule has 0 saturated heterocycles. The van der Waals surface area contributed by atoms with E-state index in [0.29, 0.717) is 17.1 Å². The Hall–Kier alpha value is -1.24. The van der Waals surface area contributed by atoms with E-state index in [0.717, 1.165) is 15.6 Å². The second-order valence-electron chi connectivity index (χ2n) is 3.92. The van der Waals surface area contributed by atoms with Gasteiger partial charge >= 0.3 is 0 Å². The number of anilines is 1. The highest BCUT2D eigenvalue weighted by atomic mass is 79.9. The summed E-state index contributed by atoms with van der Waals surface area (Å²) in [6.07, 6.45) is 0.368. The molecule has 0 aliphatic heterocycles. The van der Waals surface area contributed by atoms with Crippen LogP contribution in [0.1, 0.15) is 11.1 Å². The number of hydrogen-bond acceptors (Lipinski definition) is 3.